The largest absolute Gasteiger partial charge is 0.481 e. The molecule has 2 aliphatic rings. The van der Waals surface area contributed by atoms with Crippen LogP contribution in [0.4, 0.5) is 4.79 Å². The summed E-state index contributed by atoms with van der Waals surface area (Å²) in [5, 5.41) is 14.7. The minimum atomic E-state index is -0.853. The van der Waals surface area contributed by atoms with Crippen molar-refractivity contribution in [3.63, 3.8) is 0 Å². The quantitative estimate of drug-likeness (QED) is 0.713. The second-order valence-corrected chi connectivity index (χ2v) is 6.49. The maximum Gasteiger partial charge on any atom is 0.317 e. The number of urea groups is 1. The van der Waals surface area contributed by atoms with Gasteiger partial charge >= 0.3 is 12.0 Å². The van der Waals surface area contributed by atoms with Gasteiger partial charge < -0.3 is 20.6 Å². The fraction of sp³-hybridized carbons (Fsp3) is 0.800. The van der Waals surface area contributed by atoms with Gasteiger partial charge in [0.05, 0.1) is 11.8 Å². The summed E-state index contributed by atoms with van der Waals surface area (Å²) >= 11 is 0. The lowest BCUT2D eigenvalue weighted by atomic mass is 9.91. The van der Waals surface area contributed by atoms with Crippen LogP contribution < -0.4 is 10.6 Å². The molecule has 4 atom stereocenters. The lowest BCUT2D eigenvalue weighted by Crippen LogP contribution is -2.53. The molecule has 7 nitrogen and oxygen atoms in total. The van der Waals surface area contributed by atoms with Crippen LogP contribution >= 0.6 is 0 Å². The Morgan fingerprint density at radius 3 is 2.55 bits per heavy atom. The number of carboxylic acid groups (broad SMARTS) is 1. The molecule has 2 fully saturated rings. The monoisotopic (exact) mass is 311 g/mol. The second-order valence-electron chi connectivity index (χ2n) is 6.49. The van der Waals surface area contributed by atoms with Gasteiger partial charge in [0.25, 0.3) is 0 Å². The van der Waals surface area contributed by atoms with Gasteiger partial charge in [0, 0.05) is 26.2 Å². The highest BCUT2D eigenvalue weighted by Crippen LogP contribution is 2.27. The summed E-state index contributed by atoms with van der Waals surface area (Å²) in [6.45, 7) is 2.76. The Morgan fingerprint density at radius 2 is 1.91 bits per heavy atom. The summed E-state index contributed by atoms with van der Waals surface area (Å²) in [6.07, 6.45) is 3.08. The molecule has 3 amide bonds. The first-order valence-electron chi connectivity index (χ1n) is 7.92. The molecule has 1 saturated heterocycles. The van der Waals surface area contributed by atoms with Crippen molar-refractivity contribution in [3.05, 3.63) is 0 Å². The molecule has 0 spiro atoms. The van der Waals surface area contributed by atoms with E-state index in [2.05, 4.69) is 10.6 Å². The predicted octanol–water partition coefficient (Wildman–Crippen LogP) is 0.653. The van der Waals surface area contributed by atoms with E-state index in [1.807, 2.05) is 6.92 Å². The van der Waals surface area contributed by atoms with Crippen LogP contribution in [0.1, 0.15) is 32.6 Å². The molecule has 124 valence electrons. The molecule has 3 N–H and O–H groups in total. The Morgan fingerprint density at radius 1 is 1.18 bits per heavy atom. The molecule has 1 heterocycles. The van der Waals surface area contributed by atoms with E-state index in [-0.39, 0.29) is 36.4 Å². The predicted molar refractivity (Wildman–Crippen MR) is 80.2 cm³/mol. The number of hydrogen-bond donors (Lipinski definition) is 3. The first kappa shape index (κ1) is 16.6. The van der Waals surface area contributed by atoms with Gasteiger partial charge in [-0.3, -0.25) is 9.59 Å². The molecule has 22 heavy (non-hydrogen) atoms. The third kappa shape index (κ3) is 3.69. The van der Waals surface area contributed by atoms with Gasteiger partial charge in [-0.15, -0.1) is 0 Å². The number of aliphatic carboxylic acids is 1. The summed E-state index contributed by atoms with van der Waals surface area (Å²) in [4.78, 5) is 37.0. The normalized spacial score (nSPS) is 31.6. The summed E-state index contributed by atoms with van der Waals surface area (Å²) in [5.74, 6) is -1.43. The highest BCUT2D eigenvalue weighted by Gasteiger charge is 2.36. The minimum Gasteiger partial charge on any atom is -0.481 e. The molecule has 7 heteroatoms. The number of nitrogens with zero attached hydrogens (tertiary/aromatic N) is 1. The fourth-order valence-electron chi connectivity index (χ4n) is 3.58. The highest BCUT2D eigenvalue weighted by atomic mass is 16.4. The van der Waals surface area contributed by atoms with Gasteiger partial charge in [-0.2, -0.15) is 0 Å². The van der Waals surface area contributed by atoms with Crippen molar-refractivity contribution in [3.8, 4) is 0 Å². The molecule has 2 rings (SSSR count). The first-order valence-corrected chi connectivity index (χ1v) is 7.92. The van der Waals surface area contributed by atoms with E-state index in [9.17, 15) is 19.5 Å². The average molecular weight is 311 g/mol. The highest BCUT2D eigenvalue weighted by molar-refractivity contribution is 5.81. The van der Waals surface area contributed by atoms with Crippen LogP contribution in [0.15, 0.2) is 0 Å². The molecule has 4 unspecified atom stereocenters. The molecule has 0 aromatic carbocycles. The Labute approximate surface area is 130 Å². The number of rotatable bonds is 3. The van der Waals surface area contributed by atoms with Crippen LogP contribution in [0.25, 0.3) is 0 Å². The molecule has 1 aliphatic carbocycles. The number of amides is 3. The lowest BCUT2D eigenvalue weighted by Gasteiger charge is -2.35. The Hall–Kier alpha value is -1.79. The second kappa shape index (κ2) is 6.98. The number of hydrogen-bond acceptors (Lipinski definition) is 3. The summed E-state index contributed by atoms with van der Waals surface area (Å²) in [6, 6.07) is -0.411. The molecule has 0 aromatic rings. The van der Waals surface area contributed by atoms with Crippen LogP contribution in [0.5, 0.6) is 0 Å². The van der Waals surface area contributed by atoms with E-state index in [1.54, 1.807) is 11.9 Å². The number of likely N-dealkylation sites (tertiary alicyclic amines) is 1. The number of carbonyl (C=O) groups is 3. The summed E-state index contributed by atoms with van der Waals surface area (Å²) < 4.78 is 0. The van der Waals surface area contributed by atoms with E-state index >= 15 is 0 Å². The number of piperidine rings is 1. The summed E-state index contributed by atoms with van der Waals surface area (Å²) in [7, 11) is 1.60. The maximum atomic E-state index is 12.4. The van der Waals surface area contributed by atoms with Crippen molar-refractivity contribution in [2.45, 2.75) is 38.6 Å². The Balaban J connectivity index is 1.96. The molecule has 0 aromatic heterocycles. The SMILES string of the molecule is CNC(=O)C1CCCC1NC(=O)N1CC(C)CC(C(=O)O)C1. The average Bonchev–Trinajstić information content (AvgIpc) is 2.93. The number of carbonyl (C=O) groups excluding carboxylic acids is 2. The lowest BCUT2D eigenvalue weighted by molar-refractivity contribution is -0.143. The molecular weight excluding hydrogens is 286 g/mol. The number of carboxylic acids is 1. The maximum absolute atomic E-state index is 12.4. The van der Waals surface area contributed by atoms with Crippen molar-refractivity contribution in [2.24, 2.45) is 17.8 Å². The van der Waals surface area contributed by atoms with Crippen molar-refractivity contribution >= 4 is 17.9 Å². The smallest absolute Gasteiger partial charge is 0.317 e. The van der Waals surface area contributed by atoms with Crippen molar-refractivity contribution in [1.82, 2.24) is 15.5 Å². The molecular formula is C15H25N3O4. The molecule has 1 saturated carbocycles. The van der Waals surface area contributed by atoms with E-state index in [4.69, 9.17) is 0 Å². The van der Waals surface area contributed by atoms with Crippen molar-refractivity contribution < 1.29 is 19.5 Å². The van der Waals surface area contributed by atoms with Gasteiger partial charge in [-0.1, -0.05) is 13.3 Å². The molecule has 0 bridgehead atoms. The van der Waals surface area contributed by atoms with Crippen LogP contribution in [0.2, 0.25) is 0 Å². The zero-order valence-corrected chi connectivity index (χ0v) is 13.2. The zero-order chi connectivity index (χ0) is 16.3. The molecule has 0 radical (unpaired) electrons. The topological polar surface area (TPSA) is 98.7 Å². The van der Waals surface area contributed by atoms with Crippen LogP contribution in [0, 0.1) is 17.8 Å². The zero-order valence-electron chi connectivity index (χ0n) is 13.2. The van der Waals surface area contributed by atoms with Crippen LogP contribution in [0.3, 0.4) is 0 Å². The van der Waals surface area contributed by atoms with E-state index in [0.29, 0.717) is 13.0 Å². The van der Waals surface area contributed by atoms with Gasteiger partial charge in [0.15, 0.2) is 0 Å². The fourth-order valence-corrected chi connectivity index (χ4v) is 3.58. The summed E-state index contributed by atoms with van der Waals surface area (Å²) in [5.41, 5.74) is 0. The van der Waals surface area contributed by atoms with Crippen LogP contribution in [-0.2, 0) is 9.59 Å². The third-order valence-electron chi connectivity index (χ3n) is 4.70. The van der Waals surface area contributed by atoms with Gasteiger partial charge in [0.1, 0.15) is 0 Å². The van der Waals surface area contributed by atoms with Crippen LogP contribution in [-0.4, -0.2) is 54.1 Å². The van der Waals surface area contributed by atoms with Gasteiger partial charge in [0.2, 0.25) is 5.91 Å². The standard InChI is InChI=1S/C15H25N3O4/c1-9-6-10(14(20)21)8-18(7-9)15(22)17-12-5-3-4-11(12)13(19)16-2/h9-12H,3-8H2,1-2H3,(H,16,19)(H,17,22)(H,20,21). The minimum absolute atomic E-state index is 0.0433. The Bertz CT molecular complexity index is 454. The Kier molecular flexibility index (Phi) is 5.26. The van der Waals surface area contributed by atoms with Gasteiger partial charge in [-0.05, 0) is 25.2 Å². The van der Waals surface area contributed by atoms with E-state index in [0.717, 1.165) is 19.3 Å². The first-order chi connectivity index (χ1) is 10.4. The van der Waals surface area contributed by atoms with E-state index < -0.39 is 11.9 Å². The molecule has 1 aliphatic heterocycles. The van der Waals surface area contributed by atoms with E-state index in [1.165, 1.54) is 0 Å². The van der Waals surface area contributed by atoms with Crippen molar-refractivity contribution in [1.29, 1.82) is 0 Å². The third-order valence-corrected chi connectivity index (χ3v) is 4.70. The van der Waals surface area contributed by atoms with Gasteiger partial charge in [-0.25, -0.2) is 4.79 Å². The number of nitrogens with one attached hydrogen (secondary N) is 2. The van der Waals surface area contributed by atoms with Crippen molar-refractivity contribution in [2.75, 3.05) is 20.1 Å².